The average Bonchev–Trinajstić information content (AvgIpc) is 2.91. The first-order valence-corrected chi connectivity index (χ1v) is 11.6. The molecule has 0 bridgehead atoms. The van der Waals surface area contributed by atoms with E-state index >= 15 is 0 Å². The van der Waals surface area contributed by atoms with Crippen LogP contribution in [0.25, 0.3) is 0 Å². The van der Waals surface area contributed by atoms with Crippen LogP contribution in [0, 0.1) is 0 Å². The Morgan fingerprint density at radius 2 is 2.27 bits per heavy atom. The summed E-state index contributed by atoms with van der Waals surface area (Å²) >= 11 is 0. The molecule has 2 rings (SSSR count). The summed E-state index contributed by atoms with van der Waals surface area (Å²) in [6.45, 7) is 9.40. The Morgan fingerprint density at radius 3 is 2.95 bits per heavy atom. The van der Waals surface area contributed by atoms with Gasteiger partial charge < -0.3 is 14.7 Å². The van der Waals surface area contributed by atoms with Crippen LogP contribution >= 0.6 is 0 Å². The van der Waals surface area contributed by atoms with Crippen molar-refractivity contribution in [2.45, 2.75) is 51.2 Å². The number of carboxylic acid groups (broad SMARTS) is 1. The van der Waals surface area contributed by atoms with Gasteiger partial charge in [-0.15, -0.1) is 0 Å². The van der Waals surface area contributed by atoms with E-state index in [1.165, 1.54) is 4.90 Å². The maximum absolute atomic E-state index is 11.1. The lowest BCUT2D eigenvalue weighted by atomic mass is 9.95. The monoisotopic (exact) mass is 325 g/mol. The normalized spacial score (nSPS) is 19.4. The summed E-state index contributed by atoms with van der Waals surface area (Å²) in [6, 6.07) is 3.12. The number of hydrogen-bond acceptors (Lipinski definition) is 3. The van der Waals surface area contributed by atoms with Crippen molar-refractivity contribution in [3.8, 4) is 0 Å². The lowest BCUT2D eigenvalue weighted by Gasteiger charge is -2.31. The van der Waals surface area contributed by atoms with Gasteiger partial charge in [-0.2, -0.15) is 5.10 Å². The fourth-order valence-electron chi connectivity index (χ4n) is 2.72. The first-order chi connectivity index (χ1) is 10.4. The molecule has 1 N–H and O–H groups in total. The molecule has 1 aromatic rings. The zero-order valence-corrected chi connectivity index (χ0v) is 14.8. The van der Waals surface area contributed by atoms with Crippen molar-refractivity contribution >= 4 is 14.2 Å². The molecule has 1 unspecified atom stereocenters. The molecule has 1 aromatic heterocycles. The predicted octanol–water partition coefficient (Wildman–Crippen LogP) is 3.05. The number of rotatable bonds is 6. The predicted molar refractivity (Wildman–Crippen MR) is 87.9 cm³/mol. The quantitative estimate of drug-likeness (QED) is 0.645. The summed E-state index contributed by atoms with van der Waals surface area (Å²) in [7, 11) is -1.07. The second-order valence-corrected chi connectivity index (χ2v) is 12.8. The van der Waals surface area contributed by atoms with E-state index < -0.39 is 14.2 Å². The van der Waals surface area contributed by atoms with E-state index in [-0.39, 0.29) is 5.92 Å². The van der Waals surface area contributed by atoms with Crippen molar-refractivity contribution in [2.24, 2.45) is 0 Å². The van der Waals surface area contributed by atoms with E-state index in [1.807, 2.05) is 10.7 Å². The molecule has 7 heteroatoms. The fourth-order valence-corrected chi connectivity index (χ4v) is 3.48. The maximum Gasteiger partial charge on any atom is 0.407 e. The third-order valence-electron chi connectivity index (χ3n) is 4.07. The van der Waals surface area contributed by atoms with Crippen LogP contribution in [0.2, 0.25) is 25.7 Å². The molecule has 0 radical (unpaired) electrons. The first kappa shape index (κ1) is 17.0. The zero-order valence-electron chi connectivity index (χ0n) is 13.8. The lowest BCUT2D eigenvalue weighted by molar-refractivity contribution is 0.0736. The smallest absolute Gasteiger partial charge is 0.407 e. The summed E-state index contributed by atoms with van der Waals surface area (Å²) in [6.07, 6.45) is 2.85. The van der Waals surface area contributed by atoms with Crippen LogP contribution < -0.4 is 0 Å². The van der Waals surface area contributed by atoms with E-state index in [0.29, 0.717) is 19.8 Å². The topological polar surface area (TPSA) is 67.6 Å². The average molecular weight is 325 g/mol. The van der Waals surface area contributed by atoms with Crippen LogP contribution in [0.4, 0.5) is 4.79 Å². The Bertz CT molecular complexity index is 498. The highest BCUT2D eigenvalue weighted by Gasteiger charge is 2.26. The molecule has 2 heterocycles. The molecule has 124 valence electrons. The van der Waals surface area contributed by atoms with Gasteiger partial charge in [-0.25, -0.2) is 9.48 Å². The SMILES string of the molecule is C[Si](C)(C)CCOCn1nccc1C1CCCN(C(=O)O)C1. The van der Waals surface area contributed by atoms with Gasteiger partial charge in [0.15, 0.2) is 0 Å². The van der Waals surface area contributed by atoms with Crippen molar-refractivity contribution in [2.75, 3.05) is 19.7 Å². The minimum Gasteiger partial charge on any atom is -0.465 e. The Hall–Kier alpha value is -1.34. The number of amides is 1. The highest BCUT2D eigenvalue weighted by atomic mass is 28.3. The van der Waals surface area contributed by atoms with Gasteiger partial charge in [0.05, 0.1) is 0 Å². The molecular weight excluding hydrogens is 298 g/mol. The molecule has 0 aliphatic carbocycles. The van der Waals surface area contributed by atoms with Gasteiger partial charge in [-0.05, 0) is 25.0 Å². The van der Waals surface area contributed by atoms with Crippen molar-refractivity contribution in [3.05, 3.63) is 18.0 Å². The summed E-state index contributed by atoms with van der Waals surface area (Å²) in [5.74, 6) is 0.216. The largest absolute Gasteiger partial charge is 0.465 e. The van der Waals surface area contributed by atoms with Crippen LogP contribution in [0.1, 0.15) is 24.5 Å². The maximum atomic E-state index is 11.1. The van der Waals surface area contributed by atoms with Gasteiger partial charge in [0.1, 0.15) is 6.73 Å². The highest BCUT2D eigenvalue weighted by Crippen LogP contribution is 2.26. The van der Waals surface area contributed by atoms with Gasteiger partial charge in [0.2, 0.25) is 0 Å². The Morgan fingerprint density at radius 1 is 1.50 bits per heavy atom. The molecule has 1 fully saturated rings. The van der Waals surface area contributed by atoms with Crippen LogP contribution in [-0.4, -0.2) is 53.7 Å². The van der Waals surface area contributed by atoms with Gasteiger partial charge in [0, 0.05) is 45.6 Å². The number of hydrogen-bond donors (Lipinski definition) is 1. The Balaban J connectivity index is 1.90. The molecule has 1 atom stereocenters. The molecule has 0 saturated carbocycles. The number of aromatic nitrogens is 2. The molecule has 22 heavy (non-hydrogen) atoms. The lowest BCUT2D eigenvalue weighted by Crippen LogP contribution is -2.38. The molecule has 6 nitrogen and oxygen atoms in total. The second-order valence-electron chi connectivity index (χ2n) is 7.17. The minimum atomic E-state index is -1.07. The molecule has 0 aromatic carbocycles. The van der Waals surface area contributed by atoms with Crippen molar-refractivity contribution < 1.29 is 14.6 Å². The number of ether oxygens (including phenoxy) is 1. The van der Waals surface area contributed by atoms with Crippen LogP contribution in [0.5, 0.6) is 0 Å². The molecule has 1 amide bonds. The van der Waals surface area contributed by atoms with Gasteiger partial charge in [0.25, 0.3) is 0 Å². The standard InChI is InChI=1S/C15H27N3O3Si/c1-22(2,3)10-9-21-12-18-14(6-7-16-18)13-5-4-8-17(11-13)15(19)20/h6-7,13H,4-5,8-12H2,1-3H3,(H,19,20). The van der Waals surface area contributed by atoms with Gasteiger partial charge >= 0.3 is 6.09 Å². The highest BCUT2D eigenvalue weighted by molar-refractivity contribution is 6.76. The summed E-state index contributed by atoms with van der Waals surface area (Å²) in [5, 5.41) is 13.5. The molecule has 1 saturated heterocycles. The third kappa shape index (κ3) is 4.84. The third-order valence-corrected chi connectivity index (χ3v) is 5.77. The molecule has 1 aliphatic heterocycles. The van der Waals surface area contributed by atoms with Crippen LogP contribution in [0.3, 0.4) is 0 Å². The number of piperidine rings is 1. The number of likely N-dealkylation sites (tertiary alicyclic amines) is 1. The van der Waals surface area contributed by atoms with E-state index in [1.54, 1.807) is 6.20 Å². The molecule has 1 aliphatic rings. The Labute approximate surface area is 133 Å². The second kappa shape index (κ2) is 7.28. The van der Waals surface area contributed by atoms with Crippen LogP contribution in [-0.2, 0) is 11.5 Å². The van der Waals surface area contributed by atoms with Gasteiger partial charge in [-0.1, -0.05) is 19.6 Å². The van der Waals surface area contributed by atoms with E-state index in [2.05, 4.69) is 24.7 Å². The number of nitrogens with zero attached hydrogens (tertiary/aromatic N) is 3. The van der Waals surface area contributed by atoms with Gasteiger partial charge in [-0.3, -0.25) is 0 Å². The first-order valence-electron chi connectivity index (χ1n) is 7.94. The number of carbonyl (C=O) groups is 1. The molecule has 0 spiro atoms. The minimum absolute atomic E-state index is 0.216. The van der Waals surface area contributed by atoms with E-state index in [9.17, 15) is 4.79 Å². The van der Waals surface area contributed by atoms with Crippen LogP contribution in [0.15, 0.2) is 12.3 Å². The molecular formula is C15H27N3O3Si. The van der Waals surface area contributed by atoms with E-state index in [4.69, 9.17) is 9.84 Å². The van der Waals surface area contributed by atoms with Crippen molar-refractivity contribution in [1.29, 1.82) is 0 Å². The summed E-state index contributed by atoms with van der Waals surface area (Å²) < 4.78 is 7.64. The summed E-state index contributed by atoms with van der Waals surface area (Å²) in [4.78, 5) is 12.6. The zero-order chi connectivity index (χ0) is 16.2. The van der Waals surface area contributed by atoms with Crippen molar-refractivity contribution in [1.82, 2.24) is 14.7 Å². The summed E-state index contributed by atoms with van der Waals surface area (Å²) in [5.41, 5.74) is 1.08. The Kier molecular flexibility index (Phi) is 5.63. The van der Waals surface area contributed by atoms with E-state index in [0.717, 1.165) is 31.2 Å². The fraction of sp³-hybridized carbons (Fsp3) is 0.733. The van der Waals surface area contributed by atoms with Crippen molar-refractivity contribution in [3.63, 3.8) is 0 Å².